The average Bonchev–Trinajstić information content (AvgIpc) is 2.27. The van der Waals surface area contributed by atoms with Gasteiger partial charge in [0.2, 0.25) is 0 Å². The van der Waals surface area contributed by atoms with Gasteiger partial charge < -0.3 is 4.74 Å². The highest BCUT2D eigenvalue weighted by Gasteiger charge is 2.13. The molecular weight excluding hydrogens is 190 g/mol. The maximum absolute atomic E-state index is 8.87. The van der Waals surface area contributed by atoms with Crippen LogP contribution < -0.4 is 0 Å². The Kier molecular flexibility index (Phi) is 7.46. The Morgan fingerprint density at radius 1 is 1.33 bits per heavy atom. The molecule has 0 amide bonds. The molecule has 0 saturated heterocycles. The lowest BCUT2D eigenvalue weighted by molar-refractivity contribution is 0.253. The molecule has 0 N–H and O–H groups in total. The van der Waals surface area contributed by atoms with Crippen LogP contribution in [0.15, 0.2) is 11.8 Å². The van der Waals surface area contributed by atoms with Crippen LogP contribution in [0.3, 0.4) is 0 Å². The van der Waals surface area contributed by atoms with Crippen molar-refractivity contribution in [1.82, 2.24) is 0 Å². The minimum Gasteiger partial charge on any atom is -0.499 e. The quantitative estimate of drug-likeness (QED) is 0.376. The van der Waals surface area contributed by atoms with E-state index < -0.39 is 0 Å². The summed E-state index contributed by atoms with van der Waals surface area (Å²) in [6.45, 7) is 0. The number of rotatable bonds is 6. The first-order valence-electron chi connectivity index (χ1n) is 4.70. The Hall–Kier alpha value is -1.99. The van der Waals surface area contributed by atoms with Crippen molar-refractivity contribution < 1.29 is 4.74 Å². The predicted octanol–water partition coefficient (Wildman–Crippen LogP) is 2.26. The number of unbranched alkanes of at least 4 members (excludes halogenated alkanes) is 2. The van der Waals surface area contributed by atoms with Crippen LogP contribution in [-0.2, 0) is 4.74 Å². The number of nitrogens with zero attached hydrogens (tertiary/aromatic N) is 3. The van der Waals surface area contributed by atoms with Gasteiger partial charge in [0, 0.05) is 6.42 Å². The fraction of sp³-hybridized carbons (Fsp3) is 0.545. The second kappa shape index (κ2) is 8.60. The van der Waals surface area contributed by atoms with E-state index in [0.717, 1.165) is 12.8 Å². The number of hydrogen-bond acceptors (Lipinski definition) is 4. The van der Waals surface area contributed by atoms with E-state index in [1.807, 2.05) is 12.1 Å². The summed E-state index contributed by atoms with van der Waals surface area (Å²) in [7, 11) is 1.45. The largest absolute Gasteiger partial charge is 0.499 e. The molecular formula is C11H13N3O. The molecule has 0 aromatic rings. The van der Waals surface area contributed by atoms with Gasteiger partial charge in [-0.25, -0.2) is 0 Å². The molecule has 0 rings (SSSR count). The van der Waals surface area contributed by atoms with Gasteiger partial charge in [-0.2, -0.15) is 15.8 Å². The van der Waals surface area contributed by atoms with Crippen molar-refractivity contribution in [2.45, 2.75) is 25.7 Å². The van der Waals surface area contributed by atoms with Crippen LogP contribution in [-0.4, -0.2) is 7.11 Å². The fourth-order valence-corrected chi connectivity index (χ4v) is 1.19. The van der Waals surface area contributed by atoms with Gasteiger partial charge in [0.15, 0.2) is 0 Å². The number of ether oxygens (including phenoxy) is 1. The first kappa shape index (κ1) is 13.0. The van der Waals surface area contributed by atoms with Gasteiger partial charge in [-0.3, -0.25) is 0 Å². The van der Waals surface area contributed by atoms with Crippen molar-refractivity contribution in [3.63, 3.8) is 0 Å². The molecule has 1 atom stereocenters. The van der Waals surface area contributed by atoms with E-state index >= 15 is 0 Å². The Morgan fingerprint density at radius 3 is 2.53 bits per heavy atom. The lowest BCUT2D eigenvalue weighted by atomic mass is 10.0. The molecule has 0 spiro atoms. The standard InChI is InChI=1S/C11H13N3O/c1-15-11(6-8-13)10(9-14)5-3-2-4-7-12/h6,10H,2-5H2,1H3. The molecule has 0 heterocycles. The highest BCUT2D eigenvalue weighted by atomic mass is 16.5. The Labute approximate surface area is 90.0 Å². The zero-order chi connectivity index (χ0) is 11.5. The topological polar surface area (TPSA) is 80.6 Å². The molecule has 1 unspecified atom stereocenters. The number of nitriles is 3. The monoisotopic (exact) mass is 203 g/mol. The summed E-state index contributed by atoms with van der Waals surface area (Å²) in [5.41, 5.74) is 0. The van der Waals surface area contributed by atoms with Crippen molar-refractivity contribution in [3.8, 4) is 18.2 Å². The fourth-order valence-electron chi connectivity index (χ4n) is 1.19. The van der Waals surface area contributed by atoms with Gasteiger partial charge in [-0.15, -0.1) is 0 Å². The summed E-state index contributed by atoms with van der Waals surface area (Å²) >= 11 is 0. The maximum Gasteiger partial charge on any atom is 0.123 e. The first-order chi connectivity index (χ1) is 7.29. The van der Waals surface area contributed by atoms with Crippen LogP contribution in [0, 0.1) is 39.9 Å². The molecule has 0 fully saturated rings. The van der Waals surface area contributed by atoms with Crippen molar-refractivity contribution in [3.05, 3.63) is 11.8 Å². The molecule has 0 aromatic carbocycles. The SMILES string of the molecule is COC(=CC#N)C(C#N)CCCCC#N. The summed E-state index contributed by atoms with van der Waals surface area (Å²) in [6, 6.07) is 5.98. The van der Waals surface area contributed by atoms with E-state index in [1.54, 1.807) is 0 Å². The van der Waals surface area contributed by atoms with Crippen LogP contribution >= 0.6 is 0 Å². The average molecular weight is 203 g/mol. The van der Waals surface area contributed by atoms with E-state index in [4.69, 9.17) is 20.5 Å². The van der Waals surface area contributed by atoms with E-state index in [9.17, 15) is 0 Å². The molecule has 0 aromatic heterocycles. The molecule has 0 radical (unpaired) electrons. The normalized spacial score (nSPS) is 12.0. The van der Waals surface area contributed by atoms with Crippen LogP contribution in [0.4, 0.5) is 0 Å². The molecule has 0 aliphatic heterocycles. The maximum atomic E-state index is 8.87. The summed E-state index contributed by atoms with van der Waals surface area (Å²) < 4.78 is 4.95. The summed E-state index contributed by atoms with van der Waals surface area (Å²) in [5, 5.41) is 25.7. The molecule has 0 bridgehead atoms. The van der Waals surface area contributed by atoms with Crippen LogP contribution in [0.5, 0.6) is 0 Å². The number of methoxy groups -OCH3 is 1. The minimum atomic E-state index is -0.381. The molecule has 78 valence electrons. The Bertz CT molecular complexity index is 327. The lowest BCUT2D eigenvalue weighted by Crippen LogP contribution is -2.03. The van der Waals surface area contributed by atoms with Crippen molar-refractivity contribution in [2.75, 3.05) is 7.11 Å². The third-order valence-electron chi connectivity index (χ3n) is 1.97. The summed E-state index contributed by atoms with van der Waals surface area (Å²) in [6.07, 6.45) is 3.94. The van der Waals surface area contributed by atoms with Crippen LogP contribution in [0.2, 0.25) is 0 Å². The van der Waals surface area contributed by atoms with Gasteiger partial charge in [0.1, 0.15) is 11.7 Å². The molecule has 4 heteroatoms. The van der Waals surface area contributed by atoms with Gasteiger partial charge >= 0.3 is 0 Å². The highest BCUT2D eigenvalue weighted by Crippen LogP contribution is 2.18. The van der Waals surface area contributed by atoms with Crippen molar-refractivity contribution in [1.29, 1.82) is 15.8 Å². The number of hydrogen-bond donors (Lipinski definition) is 0. The number of allylic oxidation sites excluding steroid dienone is 2. The minimum absolute atomic E-state index is 0.381. The van der Waals surface area contributed by atoms with Gasteiger partial charge in [-0.1, -0.05) is 6.42 Å². The molecule has 15 heavy (non-hydrogen) atoms. The summed E-state index contributed by atoms with van der Waals surface area (Å²) in [5.74, 6) is 0.0188. The van der Waals surface area contributed by atoms with Crippen LogP contribution in [0.1, 0.15) is 25.7 Å². The van der Waals surface area contributed by atoms with E-state index in [1.165, 1.54) is 13.2 Å². The Morgan fingerprint density at radius 2 is 2.07 bits per heavy atom. The van der Waals surface area contributed by atoms with E-state index in [2.05, 4.69) is 6.07 Å². The Balaban J connectivity index is 4.15. The molecule has 4 nitrogen and oxygen atoms in total. The van der Waals surface area contributed by atoms with E-state index in [-0.39, 0.29) is 5.92 Å². The molecule has 0 saturated carbocycles. The zero-order valence-corrected chi connectivity index (χ0v) is 8.73. The second-order valence-electron chi connectivity index (χ2n) is 2.97. The van der Waals surface area contributed by atoms with E-state index in [0.29, 0.717) is 18.6 Å². The van der Waals surface area contributed by atoms with Crippen molar-refractivity contribution >= 4 is 0 Å². The van der Waals surface area contributed by atoms with Gasteiger partial charge in [-0.05, 0) is 12.8 Å². The predicted molar refractivity (Wildman–Crippen MR) is 53.9 cm³/mol. The second-order valence-corrected chi connectivity index (χ2v) is 2.97. The zero-order valence-electron chi connectivity index (χ0n) is 8.73. The van der Waals surface area contributed by atoms with Crippen LogP contribution in [0.25, 0.3) is 0 Å². The molecule has 0 aliphatic rings. The summed E-state index contributed by atoms with van der Waals surface area (Å²) in [4.78, 5) is 0. The molecule has 0 aliphatic carbocycles. The first-order valence-corrected chi connectivity index (χ1v) is 4.70. The lowest BCUT2D eigenvalue weighted by Gasteiger charge is -2.10. The highest BCUT2D eigenvalue weighted by molar-refractivity contribution is 5.15. The van der Waals surface area contributed by atoms with Crippen molar-refractivity contribution in [2.24, 2.45) is 5.92 Å². The van der Waals surface area contributed by atoms with Gasteiger partial charge in [0.05, 0.1) is 31.4 Å². The van der Waals surface area contributed by atoms with Gasteiger partial charge in [0.25, 0.3) is 0 Å². The third-order valence-corrected chi connectivity index (χ3v) is 1.97. The third kappa shape index (κ3) is 5.34. The smallest absolute Gasteiger partial charge is 0.123 e.